The van der Waals surface area contributed by atoms with Gasteiger partial charge in [-0.1, -0.05) is 0 Å². The van der Waals surface area contributed by atoms with Crippen molar-refractivity contribution >= 4 is 11.9 Å². The first-order valence-corrected chi connectivity index (χ1v) is 9.82. The van der Waals surface area contributed by atoms with Crippen LogP contribution >= 0.6 is 0 Å². The summed E-state index contributed by atoms with van der Waals surface area (Å²) in [4.78, 5) is 27.8. The number of fused-ring (bicyclic) bond motifs is 2. The van der Waals surface area contributed by atoms with Crippen LogP contribution in [0.1, 0.15) is 53.4 Å². The van der Waals surface area contributed by atoms with Gasteiger partial charge < -0.3 is 19.7 Å². The highest BCUT2D eigenvalue weighted by molar-refractivity contribution is 6.00. The lowest BCUT2D eigenvalue weighted by Gasteiger charge is -2.30. The minimum atomic E-state index is -0.460. The highest BCUT2D eigenvalue weighted by Gasteiger charge is 2.58. The standard InChI is InChI=1S/C19H28N4O4/c1-5-27-19(25)15-12-6-7-22(16-13-8-20-9-14(13)16)18(24)17(12)23(21-15)10(2)11(3)26-4/h10-11,13-14,16,20H,5-9H2,1-4H3/t10-,11?,13?,14?,16?/m0/s1. The predicted octanol–water partition coefficient (Wildman–Crippen LogP) is 0.872. The number of hydrogen-bond acceptors (Lipinski definition) is 6. The van der Waals surface area contributed by atoms with Crippen molar-refractivity contribution in [3.8, 4) is 0 Å². The molecule has 0 radical (unpaired) electrons. The molecule has 2 aliphatic heterocycles. The Morgan fingerprint density at radius 3 is 2.67 bits per heavy atom. The van der Waals surface area contributed by atoms with Crippen LogP contribution < -0.4 is 5.32 Å². The second kappa shape index (κ2) is 6.91. The average molecular weight is 376 g/mol. The van der Waals surface area contributed by atoms with E-state index in [0.717, 1.165) is 13.1 Å². The van der Waals surface area contributed by atoms with Crippen LogP contribution in [0.15, 0.2) is 0 Å². The maximum Gasteiger partial charge on any atom is 0.359 e. The first kappa shape index (κ1) is 18.4. The molecule has 1 saturated heterocycles. The van der Waals surface area contributed by atoms with Gasteiger partial charge in [0.1, 0.15) is 5.69 Å². The van der Waals surface area contributed by atoms with Crippen molar-refractivity contribution in [2.75, 3.05) is 33.4 Å². The lowest BCUT2D eigenvalue weighted by atomic mass is 10.0. The highest BCUT2D eigenvalue weighted by atomic mass is 16.5. The molecule has 1 amide bonds. The van der Waals surface area contributed by atoms with E-state index in [1.807, 2.05) is 18.7 Å². The maximum atomic E-state index is 13.4. The van der Waals surface area contributed by atoms with Crippen LogP contribution in [0.25, 0.3) is 0 Å². The fourth-order valence-corrected chi connectivity index (χ4v) is 4.59. The third kappa shape index (κ3) is 2.86. The van der Waals surface area contributed by atoms with Crippen LogP contribution in [0, 0.1) is 11.8 Å². The largest absolute Gasteiger partial charge is 0.461 e. The minimum Gasteiger partial charge on any atom is -0.461 e. The molecule has 0 spiro atoms. The molecule has 1 saturated carbocycles. The van der Waals surface area contributed by atoms with Gasteiger partial charge in [0.2, 0.25) is 0 Å². The van der Waals surface area contributed by atoms with Gasteiger partial charge in [0.25, 0.3) is 5.91 Å². The van der Waals surface area contributed by atoms with Crippen molar-refractivity contribution in [2.24, 2.45) is 11.8 Å². The lowest BCUT2D eigenvalue weighted by Crippen LogP contribution is -2.44. The number of nitrogens with one attached hydrogen (secondary N) is 1. The first-order chi connectivity index (χ1) is 13.0. The van der Waals surface area contributed by atoms with Crippen LogP contribution in [0.2, 0.25) is 0 Å². The number of hydrogen-bond donors (Lipinski definition) is 1. The summed E-state index contributed by atoms with van der Waals surface area (Å²) in [6.45, 7) is 8.54. The van der Waals surface area contributed by atoms with Gasteiger partial charge in [-0.15, -0.1) is 0 Å². The molecule has 148 valence electrons. The van der Waals surface area contributed by atoms with Crippen LogP contribution in [0.5, 0.6) is 0 Å². The Morgan fingerprint density at radius 2 is 2.04 bits per heavy atom. The van der Waals surface area contributed by atoms with Gasteiger partial charge in [0.15, 0.2) is 5.69 Å². The molecule has 1 aromatic rings. The molecule has 4 rings (SSSR count). The number of carbonyl (C=O) groups is 2. The number of piperidine rings is 1. The number of methoxy groups -OCH3 is 1. The number of esters is 1. The fourth-order valence-electron chi connectivity index (χ4n) is 4.59. The van der Waals surface area contributed by atoms with Gasteiger partial charge in [0.05, 0.1) is 18.8 Å². The number of amides is 1. The number of rotatable bonds is 6. The molecule has 8 nitrogen and oxygen atoms in total. The maximum absolute atomic E-state index is 13.4. The van der Waals surface area contributed by atoms with Crippen LogP contribution in [-0.4, -0.2) is 72.1 Å². The zero-order chi connectivity index (χ0) is 19.3. The predicted molar refractivity (Wildman–Crippen MR) is 97.7 cm³/mol. The second-order valence-corrected chi connectivity index (χ2v) is 7.75. The number of aromatic nitrogens is 2. The van der Waals surface area contributed by atoms with Gasteiger partial charge >= 0.3 is 5.97 Å². The first-order valence-electron chi connectivity index (χ1n) is 9.82. The molecule has 8 heteroatoms. The third-order valence-corrected chi connectivity index (χ3v) is 6.39. The molecule has 27 heavy (non-hydrogen) atoms. The summed E-state index contributed by atoms with van der Waals surface area (Å²) in [6.07, 6.45) is 0.490. The van der Waals surface area contributed by atoms with E-state index in [4.69, 9.17) is 9.47 Å². The summed E-state index contributed by atoms with van der Waals surface area (Å²) < 4.78 is 12.3. The Bertz CT molecular complexity index is 751. The highest BCUT2D eigenvalue weighted by Crippen LogP contribution is 2.47. The Labute approximate surface area is 159 Å². The molecule has 1 N–H and O–H groups in total. The Kier molecular flexibility index (Phi) is 4.71. The van der Waals surface area contributed by atoms with Crippen molar-refractivity contribution in [3.05, 3.63) is 17.0 Å². The zero-order valence-electron chi connectivity index (χ0n) is 16.4. The van der Waals surface area contributed by atoms with E-state index in [1.165, 1.54) is 0 Å². The monoisotopic (exact) mass is 376 g/mol. The summed E-state index contributed by atoms with van der Waals surface area (Å²) in [5, 5.41) is 7.90. The molecule has 0 aromatic carbocycles. The Balaban J connectivity index is 1.70. The summed E-state index contributed by atoms with van der Waals surface area (Å²) >= 11 is 0. The smallest absolute Gasteiger partial charge is 0.359 e. The number of carbonyl (C=O) groups excluding carboxylic acids is 2. The summed E-state index contributed by atoms with van der Waals surface area (Å²) in [6, 6.07) is 0.146. The zero-order valence-corrected chi connectivity index (χ0v) is 16.4. The van der Waals surface area contributed by atoms with Crippen molar-refractivity contribution in [1.82, 2.24) is 20.0 Å². The molecule has 3 unspecified atom stereocenters. The Hall–Kier alpha value is -1.93. The molecule has 1 aliphatic carbocycles. The van der Waals surface area contributed by atoms with Crippen LogP contribution in [0.4, 0.5) is 0 Å². The van der Waals surface area contributed by atoms with Crippen molar-refractivity contribution < 1.29 is 19.1 Å². The molecule has 4 atom stereocenters. The minimum absolute atomic E-state index is 0.0196. The van der Waals surface area contributed by atoms with Crippen molar-refractivity contribution in [3.63, 3.8) is 0 Å². The second-order valence-electron chi connectivity index (χ2n) is 7.75. The normalized spacial score (nSPS) is 28.5. The van der Waals surface area contributed by atoms with E-state index >= 15 is 0 Å². The molecular formula is C19H28N4O4. The van der Waals surface area contributed by atoms with E-state index in [0.29, 0.717) is 42.1 Å². The molecule has 2 fully saturated rings. The SMILES string of the molecule is CCOC(=O)c1nn([C@@H](C)C(C)OC)c2c1CCN(C1C3CNCC31)C2=O. The third-order valence-electron chi connectivity index (χ3n) is 6.39. The van der Waals surface area contributed by atoms with E-state index in [-0.39, 0.29) is 30.4 Å². The van der Waals surface area contributed by atoms with Gasteiger partial charge in [-0.3, -0.25) is 9.48 Å². The van der Waals surface area contributed by atoms with Gasteiger partial charge in [-0.2, -0.15) is 5.10 Å². The fraction of sp³-hybridized carbons (Fsp3) is 0.737. The van der Waals surface area contributed by atoms with Gasteiger partial charge in [0, 0.05) is 38.3 Å². The van der Waals surface area contributed by atoms with E-state index in [1.54, 1.807) is 18.7 Å². The van der Waals surface area contributed by atoms with Crippen LogP contribution in [0.3, 0.4) is 0 Å². The van der Waals surface area contributed by atoms with E-state index < -0.39 is 5.97 Å². The van der Waals surface area contributed by atoms with Crippen LogP contribution in [-0.2, 0) is 15.9 Å². The van der Waals surface area contributed by atoms with Crippen molar-refractivity contribution in [1.29, 1.82) is 0 Å². The molecule has 3 heterocycles. The van der Waals surface area contributed by atoms with E-state index in [2.05, 4.69) is 10.4 Å². The Morgan fingerprint density at radius 1 is 1.33 bits per heavy atom. The molecular weight excluding hydrogens is 348 g/mol. The molecule has 1 aromatic heterocycles. The number of ether oxygens (including phenoxy) is 2. The molecule has 0 bridgehead atoms. The van der Waals surface area contributed by atoms with Gasteiger partial charge in [-0.05, 0) is 39.0 Å². The summed E-state index contributed by atoms with van der Waals surface area (Å²) in [7, 11) is 1.63. The summed E-state index contributed by atoms with van der Waals surface area (Å²) in [5.41, 5.74) is 1.51. The lowest BCUT2D eigenvalue weighted by molar-refractivity contribution is 0.0509. The molecule has 3 aliphatic rings. The number of nitrogens with zero attached hydrogens (tertiary/aromatic N) is 3. The quantitative estimate of drug-likeness (QED) is 0.742. The van der Waals surface area contributed by atoms with E-state index in [9.17, 15) is 9.59 Å². The summed E-state index contributed by atoms with van der Waals surface area (Å²) in [5.74, 6) is 0.644. The topological polar surface area (TPSA) is 85.7 Å². The van der Waals surface area contributed by atoms with Gasteiger partial charge in [-0.25, -0.2) is 4.79 Å². The van der Waals surface area contributed by atoms with Crippen molar-refractivity contribution in [2.45, 2.75) is 45.4 Å². The average Bonchev–Trinajstić information content (AvgIpc) is 3.02.